The van der Waals surface area contributed by atoms with Crippen LogP contribution < -0.4 is 10.1 Å². The predicted octanol–water partition coefficient (Wildman–Crippen LogP) is 2.23. The van der Waals surface area contributed by atoms with Gasteiger partial charge in [-0.1, -0.05) is 0 Å². The molecule has 1 aromatic carbocycles. The Morgan fingerprint density at radius 1 is 1.12 bits per heavy atom. The summed E-state index contributed by atoms with van der Waals surface area (Å²) in [5, 5.41) is 3.16. The van der Waals surface area contributed by atoms with Crippen LogP contribution >= 0.6 is 0 Å². The summed E-state index contributed by atoms with van der Waals surface area (Å²) in [6.07, 6.45) is 3.22. The fourth-order valence-electron chi connectivity index (χ4n) is 3.55. The molecule has 1 N–H and O–H groups in total. The van der Waals surface area contributed by atoms with Crippen molar-refractivity contribution < 1.29 is 19.1 Å². The minimum absolute atomic E-state index is 0.0438. The van der Waals surface area contributed by atoms with Crippen LogP contribution in [0, 0.1) is 5.92 Å². The molecule has 0 unspecified atom stereocenters. The van der Waals surface area contributed by atoms with E-state index >= 15 is 0 Å². The Hall–Kier alpha value is -2.08. The molecule has 0 aromatic heterocycles. The number of rotatable bonds is 5. The molecule has 26 heavy (non-hydrogen) atoms. The second kappa shape index (κ2) is 9.03. The lowest BCUT2D eigenvalue weighted by Crippen LogP contribution is -2.48. The highest BCUT2D eigenvalue weighted by Gasteiger charge is 2.27. The van der Waals surface area contributed by atoms with Crippen molar-refractivity contribution in [3.63, 3.8) is 0 Å². The van der Waals surface area contributed by atoms with Gasteiger partial charge in [-0.2, -0.15) is 0 Å². The van der Waals surface area contributed by atoms with Crippen LogP contribution in [0.15, 0.2) is 24.3 Å². The van der Waals surface area contributed by atoms with Crippen LogP contribution in [-0.2, 0) is 9.53 Å². The molecule has 0 aliphatic carbocycles. The van der Waals surface area contributed by atoms with Crippen molar-refractivity contribution in [2.75, 3.05) is 32.9 Å². The highest BCUT2D eigenvalue weighted by atomic mass is 16.5. The lowest BCUT2D eigenvalue weighted by Gasteiger charge is -2.33. The smallest absolute Gasteiger partial charge is 0.253 e. The van der Waals surface area contributed by atoms with Crippen molar-refractivity contribution in [3.8, 4) is 5.75 Å². The number of piperidine rings is 1. The van der Waals surface area contributed by atoms with Crippen molar-refractivity contribution in [1.29, 1.82) is 0 Å². The Morgan fingerprint density at radius 2 is 1.77 bits per heavy atom. The first-order valence-corrected chi connectivity index (χ1v) is 9.57. The van der Waals surface area contributed by atoms with Crippen molar-refractivity contribution in [1.82, 2.24) is 10.2 Å². The fourth-order valence-corrected chi connectivity index (χ4v) is 3.55. The third kappa shape index (κ3) is 4.75. The average molecular weight is 360 g/mol. The molecule has 2 amide bonds. The van der Waals surface area contributed by atoms with E-state index in [2.05, 4.69) is 5.32 Å². The van der Waals surface area contributed by atoms with E-state index in [1.807, 2.05) is 36.1 Å². The van der Waals surface area contributed by atoms with Crippen molar-refractivity contribution >= 4 is 11.8 Å². The summed E-state index contributed by atoms with van der Waals surface area (Å²) in [6, 6.07) is 7.45. The largest absolute Gasteiger partial charge is 0.494 e. The first-order valence-electron chi connectivity index (χ1n) is 9.57. The van der Waals surface area contributed by atoms with Crippen LogP contribution in [0.4, 0.5) is 0 Å². The van der Waals surface area contributed by atoms with Crippen LogP contribution in [0.5, 0.6) is 5.75 Å². The molecular formula is C20H28N2O4. The van der Waals surface area contributed by atoms with Crippen LogP contribution in [-0.4, -0.2) is 55.7 Å². The van der Waals surface area contributed by atoms with E-state index in [1.165, 1.54) is 0 Å². The molecule has 2 heterocycles. The van der Waals surface area contributed by atoms with Crippen LogP contribution in [0.2, 0.25) is 0 Å². The van der Waals surface area contributed by atoms with Crippen LogP contribution in [0.3, 0.4) is 0 Å². The van der Waals surface area contributed by atoms with E-state index in [4.69, 9.17) is 9.47 Å². The number of carbonyl (C=O) groups is 2. The molecule has 0 spiro atoms. The van der Waals surface area contributed by atoms with Gasteiger partial charge in [-0.3, -0.25) is 9.59 Å². The maximum absolute atomic E-state index is 12.6. The molecule has 1 aromatic rings. The summed E-state index contributed by atoms with van der Waals surface area (Å²) >= 11 is 0. The predicted molar refractivity (Wildman–Crippen MR) is 98.2 cm³/mol. The van der Waals surface area contributed by atoms with Gasteiger partial charge in [0, 0.05) is 43.8 Å². The van der Waals surface area contributed by atoms with E-state index in [0.717, 1.165) is 31.4 Å². The summed E-state index contributed by atoms with van der Waals surface area (Å²) in [7, 11) is 0. The van der Waals surface area contributed by atoms with Crippen molar-refractivity contribution in [3.05, 3.63) is 29.8 Å². The van der Waals surface area contributed by atoms with Gasteiger partial charge in [-0.25, -0.2) is 0 Å². The van der Waals surface area contributed by atoms with Gasteiger partial charge < -0.3 is 19.7 Å². The molecule has 2 aliphatic rings. The molecule has 2 fully saturated rings. The number of likely N-dealkylation sites (tertiary alicyclic amines) is 1. The number of hydrogen-bond donors (Lipinski definition) is 1. The molecule has 2 aliphatic heterocycles. The Labute approximate surface area is 154 Å². The SMILES string of the molecule is CCOc1ccc(C(=O)N2CCC(NC(=O)C3CCOCC3)CC2)cc1. The van der Waals surface area contributed by atoms with E-state index < -0.39 is 0 Å². The van der Waals surface area contributed by atoms with Gasteiger partial charge in [0.15, 0.2) is 0 Å². The second-order valence-electron chi connectivity index (χ2n) is 6.92. The minimum atomic E-state index is 0.0438. The molecule has 142 valence electrons. The summed E-state index contributed by atoms with van der Waals surface area (Å²) in [4.78, 5) is 26.8. The summed E-state index contributed by atoms with van der Waals surface area (Å²) in [5.41, 5.74) is 0.679. The third-order valence-corrected chi connectivity index (χ3v) is 5.13. The zero-order valence-corrected chi connectivity index (χ0v) is 15.4. The lowest BCUT2D eigenvalue weighted by molar-refractivity contribution is -0.128. The number of nitrogens with zero attached hydrogens (tertiary/aromatic N) is 1. The third-order valence-electron chi connectivity index (χ3n) is 5.13. The van der Waals surface area contributed by atoms with Gasteiger partial charge in [0.05, 0.1) is 6.61 Å². The Bertz CT molecular complexity index is 603. The number of benzene rings is 1. The van der Waals surface area contributed by atoms with E-state index in [0.29, 0.717) is 38.5 Å². The maximum Gasteiger partial charge on any atom is 0.253 e. The topological polar surface area (TPSA) is 67.9 Å². The second-order valence-corrected chi connectivity index (χ2v) is 6.92. The zero-order chi connectivity index (χ0) is 18.4. The first kappa shape index (κ1) is 18.7. The minimum Gasteiger partial charge on any atom is -0.494 e. The Kier molecular flexibility index (Phi) is 6.50. The number of hydrogen-bond acceptors (Lipinski definition) is 4. The monoisotopic (exact) mass is 360 g/mol. The molecule has 0 radical (unpaired) electrons. The van der Waals surface area contributed by atoms with Gasteiger partial charge >= 0.3 is 0 Å². The van der Waals surface area contributed by atoms with Gasteiger partial charge in [0.2, 0.25) is 5.91 Å². The standard InChI is InChI=1S/C20H28N2O4/c1-2-26-18-5-3-16(4-6-18)20(24)22-11-7-17(8-12-22)21-19(23)15-9-13-25-14-10-15/h3-6,15,17H,2,7-14H2,1H3,(H,21,23). The highest BCUT2D eigenvalue weighted by molar-refractivity contribution is 5.94. The fraction of sp³-hybridized carbons (Fsp3) is 0.600. The maximum atomic E-state index is 12.6. The van der Waals surface area contributed by atoms with E-state index in [-0.39, 0.29) is 23.8 Å². The number of nitrogens with one attached hydrogen (secondary N) is 1. The number of ether oxygens (including phenoxy) is 2. The Morgan fingerprint density at radius 3 is 2.38 bits per heavy atom. The van der Waals surface area contributed by atoms with Crippen molar-refractivity contribution in [2.45, 2.75) is 38.6 Å². The number of carbonyl (C=O) groups excluding carboxylic acids is 2. The van der Waals surface area contributed by atoms with Crippen molar-refractivity contribution in [2.24, 2.45) is 5.92 Å². The zero-order valence-electron chi connectivity index (χ0n) is 15.4. The summed E-state index contributed by atoms with van der Waals surface area (Å²) in [6.45, 7) is 5.24. The van der Waals surface area contributed by atoms with Gasteiger partial charge in [0.25, 0.3) is 5.91 Å². The first-order chi connectivity index (χ1) is 12.7. The van der Waals surface area contributed by atoms with Gasteiger partial charge in [0.1, 0.15) is 5.75 Å². The van der Waals surface area contributed by atoms with E-state index in [1.54, 1.807) is 0 Å². The number of amides is 2. The van der Waals surface area contributed by atoms with Crippen LogP contribution in [0.25, 0.3) is 0 Å². The summed E-state index contributed by atoms with van der Waals surface area (Å²) in [5.74, 6) is 1.04. The molecule has 6 nitrogen and oxygen atoms in total. The average Bonchev–Trinajstić information content (AvgIpc) is 2.69. The van der Waals surface area contributed by atoms with E-state index in [9.17, 15) is 9.59 Å². The molecule has 6 heteroatoms. The molecule has 3 rings (SSSR count). The Balaban J connectivity index is 1.46. The molecule has 0 saturated carbocycles. The molecular weight excluding hydrogens is 332 g/mol. The summed E-state index contributed by atoms with van der Waals surface area (Å²) < 4.78 is 10.7. The lowest BCUT2D eigenvalue weighted by atomic mass is 9.97. The van der Waals surface area contributed by atoms with Gasteiger partial charge in [-0.05, 0) is 56.9 Å². The molecule has 0 bridgehead atoms. The molecule has 2 saturated heterocycles. The quantitative estimate of drug-likeness (QED) is 0.874. The highest BCUT2D eigenvalue weighted by Crippen LogP contribution is 2.19. The van der Waals surface area contributed by atoms with Gasteiger partial charge in [-0.15, -0.1) is 0 Å². The van der Waals surface area contributed by atoms with Crippen LogP contribution in [0.1, 0.15) is 43.0 Å². The normalized spacial score (nSPS) is 19.2. The molecule has 0 atom stereocenters.